The molecule has 0 amide bonds. The Morgan fingerprint density at radius 3 is 2.36 bits per heavy atom. The average molecular weight is 358 g/mol. The van der Waals surface area contributed by atoms with E-state index in [9.17, 15) is 5.11 Å². The Balaban J connectivity index is 1.58. The number of hydrogen-bond donors (Lipinski definition) is 1. The molecule has 2 bridgehead atoms. The minimum absolute atomic E-state index is 0.108. The first-order valence-corrected chi connectivity index (χ1v) is 9.35. The molecule has 2 aliphatic heterocycles. The summed E-state index contributed by atoms with van der Waals surface area (Å²) in [5.74, 6) is 0. The van der Waals surface area contributed by atoms with Gasteiger partial charge in [0.2, 0.25) is 0 Å². The number of aliphatic hydroxyl groups is 1. The molecule has 2 aromatic carbocycles. The Kier molecular flexibility index (Phi) is 4.83. The van der Waals surface area contributed by atoms with Gasteiger partial charge in [0, 0.05) is 17.1 Å². The van der Waals surface area contributed by atoms with Gasteiger partial charge in [0.1, 0.15) is 6.10 Å². The van der Waals surface area contributed by atoms with E-state index >= 15 is 0 Å². The fourth-order valence-electron chi connectivity index (χ4n) is 4.32. The number of rotatable bonds is 4. The van der Waals surface area contributed by atoms with Crippen LogP contribution in [0.4, 0.5) is 0 Å². The predicted molar refractivity (Wildman–Crippen MR) is 99.8 cm³/mol. The van der Waals surface area contributed by atoms with Gasteiger partial charge in [-0.15, -0.1) is 0 Å². The van der Waals surface area contributed by atoms with Crippen molar-refractivity contribution in [3.63, 3.8) is 0 Å². The van der Waals surface area contributed by atoms with E-state index in [2.05, 4.69) is 24.1 Å². The fraction of sp³-hybridized carbons (Fsp3) is 0.429. The number of piperidine rings is 1. The molecule has 0 aromatic heterocycles. The van der Waals surface area contributed by atoms with Crippen LogP contribution in [-0.2, 0) is 4.74 Å². The zero-order chi connectivity index (χ0) is 17.4. The molecule has 3 unspecified atom stereocenters. The predicted octanol–water partition coefficient (Wildman–Crippen LogP) is 4.04. The van der Waals surface area contributed by atoms with Crippen molar-refractivity contribution in [3.8, 4) is 0 Å². The van der Waals surface area contributed by atoms with Crippen molar-refractivity contribution in [3.05, 3.63) is 70.7 Å². The molecule has 5 atom stereocenters. The second kappa shape index (κ2) is 7.08. The number of nitrogens with zero attached hydrogens (tertiary/aromatic N) is 1. The lowest BCUT2D eigenvalue weighted by Gasteiger charge is -2.38. The number of likely N-dealkylation sites (N-methyl/N-ethyl adjacent to an activating group) is 1. The third-order valence-electron chi connectivity index (χ3n) is 5.70. The smallest absolute Gasteiger partial charge is 0.108 e. The topological polar surface area (TPSA) is 32.7 Å². The van der Waals surface area contributed by atoms with Crippen LogP contribution in [0.1, 0.15) is 36.5 Å². The van der Waals surface area contributed by atoms with Gasteiger partial charge < -0.3 is 9.84 Å². The summed E-state index contributed by atoms with van der Waals surface area (Å²) in [6.07, 6.45) is 2.53. The second-order valence-electron chi connectivity index (χ2n) is 7.26. The van der Waals surface area contributed by atoms with Crippen molar-refractivity contribution in [1.29, 1.82) is 0 Å². The summed E-state index contributed by atoms with van der Waals surface area (Å²) >= 11 is 6.06. The molecule has 0 spiro atoms. The van der Waals surface area contributed by atoms with Gasteiger partial charge in [-0.05, 0) is 49.6 Å². The van der Waals surface area contributed by atoms with Crippen molar-refractivity contribution in [2.24, 2.45) is 0 Å². The molecule has 2 saturated heterocycles. The van der Waals surface area contributed by atoms with Crippen LogP contribution >= 0.6 is 11.6 Å². The maximum Gasteiger partial charge on any atom is 0.108 e. The molecule has 0 aliphatic carbocycles. The molecule has 2 fully saturated rings. The van der Waals surface area contributed by atoms with E-state index < -0.39 is 0 Å². The van der Waals surface area contributed by atoms with Crippen molar-refractivity contribution < 1.29 is 9.84 Å². The van der Waals surface area contributed by atoms with Gasteiger partial charge >= 0.3 is 0 Å². The highest BCUT2D eigenvalue weighted by Gasteiger charge is 2.45. The highest BCUT2D eigenvalue weighted by molar-refractivity contribution is 6.30. The van der Waals surface area contributed by atoms with Gasteiger partial charge in [-0.1, -0.05) is 54.1 Å². The molecule has 3 nitrogen and oxygen atoms in total. The quantitative estimate of drug-likeness (QED) is 0.896. The maximum absolute atomic E-state index is 10.3. The highest BCUT2D eigenvalue weighted by atomic mass is 35.5. The van der Waals surface area contributed by atoms with E-state index in [-0.39, 0.29) is 24.4 Å². The Bertz CT molecular complexity index is 706. The molecular formula is C21H24ClNO2. The highest BCUT2D eigenvalue weighted by Crippen LogP contribution is 2.39. The third kappa shape index (κ3) is 3.47. The summed E-state index contributed by atoms with van der Waals surface area (Å²) in [5.41, 5.74) is 2.26. The zero-order valence-electron chi connectivity index (χ0n) is 14.4. The molecule has 4 heteroatoms. The van der Waals surface area contributed by atoms with E-state index in [1.165, 1.54) is 0 Å². The van der Waals surface area contributed by atoms with Crippen LogP contribution in [0.2, 0.25) is 5.02 Å². The number of benzene rings is 2. The fourth-order valence-corrected chi connectivity index (χ4v) is 4.44. The molecule has 0 radical (unpaired) electrons. The van der Waals surface area contributed by atoms with Crippen LogP contribution in [0.5, 0.6) is 0 Å². The first-order valence-electron chi connectivity index (χ1n) is 8.97. The summed E-state index contributed by atoms with van der Waals surface area (Å²) in [4.78, 5) is 2.32. The van der Waals surface area contributed by atoms with Crippen LogP contribution in [0.15, 0.2) is 54.6 Å². The van der Waals surface area contributed by atoms with Gasteiger partial charge in [-0.25, -0.2) is 0 Å². The first-order chi connectivity index (χ1) is 12.1. The second-order valence-corrected chi connectivity index (χ2v) is 7.70. The van der Waals surface area contributed by atoms with Crippen LogP contribution in [0, 0.1) is 0 Å². The summed E-state index contributed by atoms with van der Waals surface area (Å²) in [6.45, 7) is 0. The van der Waals surface area contributed by atoms with Crippen molar-refractivity contribution in [1.82, 2.24) is 4.90 Å². The molecular weight excluding hydrogens is 334 g/mol. The van der Waals surface area contributed by atoms with E-state index in [4.69, 9.17) is 16.3 Å². The van der Waals surface area contributed by atoms with Crippen molar-refractivity contribution >= 4 is 11.6 Å². The summed E-state index contributed by atoms with van der Waals surface area (Å²) in [7, 11) is 2.12. The SMILES string of the molecule is CN1C2C[C@H](OC(c3ccccc3)c3ccc(Cl)cc3)CC1[C@@H](O)C2. The average Bonchev–Trinajstić information content (AvgIpc) is 2.79. The molecule has 2 aliphatic rings. The normalized spacial score (nSPS) is 30.4. The van der Waals surface area contributed by atoms with E-state index in [1.807, 2.05) is 42.5 Å². The molecule has 132 valence electrons. The minimum atomic E-state index is -0.227. The first kappa shape index (κ1) is 17.0. The minimum Gasteiger partial charge on any atom is -0.391 e. The third-order valence-corrected chi connectivity index (χ3v) is 5.95. The maximum atomic E-state index is 10.3. The monoisotopic (exact) mass is 357 g/mol. The zero-order valence-corrected chi connectivity index (χ0v) is 15.1. The Hall–Kier alpha value is -1.39. The van der Waals surface area contributed by atoms with Gasteiger partial charge in [0.25, 0.3) is 0 Å². The Morgan fingerprint density at radius 2 is 1.68 bits per heavy atom. The summed E-state index contributed by atoms with van der Waals surface area (Å²) < 4.78 is 6.60. The van der Waals surface area contributed by atoms with Crippen molar-refractivity contribution in [2.75, 3.05) is 7.05 Å². The van der Waals surface area contributed by atoms with Gasteiger partial charge in [-0.2, -0.15) is 0 Å². The Labute approximate surface area is 154 Å². The van der Waals surface area contributed by atoms with Gasteiger partial charge in [-0.3, -0.25) is 4.90 Å². The van der Waals surface area contributed by atoms with E-state index in [0.717, 1.165) is 35.4 Å². The molecule has 2 aromatic rings. The summed E-state index contributed by atoms with van der Waals surface area (Å²) in [6, 6.07) is 18.9. The van der Waals surface area contributed by atoms with Crippen molar-refractivity contribution in [2.45, 2.75) is 49.7 Å². The van der Waals surface area contributed by atoms with E-state index in [1.54, 1.807) is 0 Å². The van der Waals surface area contributed by atoms with Gasteiger partial charge in [0.05, 0.1) is 12.2 Å². The van der Waals surface area contributed by atoms with Crippen LogP contribution in [0.25, 0.3) is 0 Å². The molecule has 4 rings (SSSR count). The number of hydrogen-bond acceptors (Lipinski definition) is 3. The van der Waals surface area contributed by atoms with Gasteiger partial charge in [0.15, 0.2) is 0 Å². The molecule has 0 saturated carbocycles. The lowest BCUT2D eigenvalue weighted by Crippen LogP contribution is -2.45. The number of ether oxygens (including phenoxy) is 1. The lowest BCUT2D eigenvalue weighted by atomic mass is 9.97. The molecule has 25 heavy (non-hydrogen) atoms. The lowest BCUT2D eigenvalue weighted by molar-refractivity contribution is -0.0495. The summed E-state index contributed by atoms with van der Waals surface area (Å²) in [5, 5.41) is 11.0. The van der Waals surface area contributed by atoms with E-state index in [0.29, 0.717) is 6.04 Å². The van der Waals surface area contributed by atoms with Crippen LogP contribution in [0.3, 0.4) is 0 Å². The number of halogens is 1. The number of fused-ring (bicyclic) bond motifs is 2. The largest absolute Gasteiger partial charge is 0.391 e. The van der Waals surface area contributed by atoms with Crippen LogP contribution in [-0.4, -0.2) is 41.3 Å². The molecule has 1 N–H and O–H groups in total. The Morgan fingerprint density at radius 1 is 1.00 bits per heavy atom. The van der Waals surface area contributed by atoms with Crippen LogP contribution < -0.4 is 0 Å². The number of aliphatic hydroxyl groups excluding tert-OH is 1. The molecule has 2 heterocycles. The standard InChI is InChI=1S/C21H24ClNO2/c1-23-17-11-18(13-19(23)20(24)12-17)25-21(14-5-3-2-4-6-14)15-7-9-16(22)10-8-15/h2-10,17-21,24H,11-13H2,1H3/t17?,18-,19?,20-,21?/m0/s1.